The summed E-state index contributed by atoms with van der Waals surface area (Å²) in [5, 5.41) is 7.29. The van der Waals surface area contributed by atoms with Crippen molar-refractivity contribution in [1.29, 1.82) is 0 Å². The van der Waals surface area contributed by atoms with Crippen LogP contribution >= 0.6 is 0 Å². The molecule has 0 aromatic carbocycles. The molecule has 0 atom stereocenters. The Morgan fingerprint density at radius 2 is 2.44 bits per heavy atom. The van der Waals surface area contributed by atoms with Crippen LogP contribution in [0.3, 0.4) is 0 Å². The summed E-state index contributed by atoms with van der Waals surface area (Å²) in [5.41, 5.74) is 0. The van der Waals surface area contributed by atoms with E-state index >= 15 is 0 Å². The van der Waals surface area contributed by atoms with Gasteiger partial charge in [0.1, 0.15) is 0 Å². The van der Waals surface area contributed by atoms with Crippen molar-refractivity contribution in [3.05, 3.63) is 12.3 Å². The predicted molar refractivity (Wildman–Crippen MR) is 27.9 cm³/mol. The molecule has 1 aromatic heterocycles. The van der Waals surface area contributed by atoms with Crippen molar-refractivity contribution < 1.29 is 9.15 Å². The number of aromatic nitrogens is 2. The summed E-state index contributed by atoms with van der Waals surface area (Å²) in [5.74, 6) is 1.05. The maximum atomic E-state index is 4.94. The molecular formula is C5H6N2O2. The highest BCUT2D eigenvalue weighted by Gasteiger charge is 2.24. The molecule has 1 aromatic rings. The molecule has 0 N–H and O–H groups in total. The van der Waals surface area contributed by atoms with Crippen LogP contribution in [0.2, 0.25) is 0 Å². The van der Waals surface area contributed by atoms with Gasteiger partial charge in [-0.3, -0.25) is 0 Å². The average molecular weight is 126 g/mol. The second-order valence-corrected chi connectivity index (χ2v) is 2.01. The van der Waals surface area contributed by atoms with Crippen LogP contribution in [0.4, 0.5) is 0 Å². The van der Waals surface area contributed by atoms with Crippen molar-refractivity contribution in [2.75, 3.05) is 13.2 Å². The number of hydrogen-bond donors (Lipinski definition) is 0. The first kappa shape index (κ1) is 4.93. The van der Waals surface area contributed by atoms with Crippen LogP contribution in [-0.4, -0.2) is 23.4 Å². The van der Waals surface area contributed by atoms with Gasteiger partial charge in [-0.25, -0.2) is 0 Å². The lowest BCUT2D eigenvalue weighted by molar-refractivity contribution is -0.00241. The smallest absolute Gasteiger partial charge is 0.223 e. The first-order valence-corrected chi connectivity index (χ1v) is 2.80. The van der Waals surface area contributed by atoms with Gasteiger partial charge in [0.2, 0.25) is 12.3 Å². The monoisotopic (exact) mass is 126 g/mol. The van der Waals surface area contributed by atoms with Gasteiger partial charge in [-0.1, -0.05) is 0 Å². The summed E-state index contributed by atoms with van der Waals surface area (Å²) in [6.07, 6.45) is 1.34. The minimum atomic E-state index is 0.354. The van der Waals surface area contributed by atoms with Crippen molar-refractivity contribution in [2.24, 2.45) is 0 Å². The molecule has 48 valence electrons. The fraction of sp³-hybridized carbons (Fsp3) is 0.600. The largest absolute Gasteiger partial charge is 0.428 e. The summed E-state index contributed by atoms with van der Waals surface area (Å²) in [6.45, 7) is 1.45. The number of rotatable bonds is 1. The quantitative estimate of drug-likeness (QED) is 0.538. The molecule has 0 unspecified atom stereocenters. The molecule has 0 spiro atoms. The van der Waals surface area contributed by atoms with Crippen LogP contribution in [0.5, 0.6) is 0 Å². The van der Waals surface area contributed by atoms with Crippen molar-refractivity contribution in [3.8, 4) is 0 Å². The van der Waals surface area contributed by atoms with Gasteiger partial charge >= 0.3 is 0 Å². The SMILES string of the molecule is c1nnc(C2COC2)o1. The van der Waals surface area contributed by atoms with Gasteiger partial charge in [0.15, 0.2) is 0 Å². The summed E-state index contributed by atoms with van der Waals surface area (Å²) >= 11 is 0. The Balaban J connectivity index is 2.14. The van der Waals surface area contributed by atoms with Crippen LogP contribution < -0.4 is 0 Å². The van der Waals surface area contributed by atoms with Crippen LogP contribution in [0.1, 0.15) is 11.8 Å². The lowest BCUT2D eigenvalue weighted by atomic mass is 10.1. The highest BCUT2D eigenvalue weighted by atomic mass is 16.5. The van der Waals surface area contributed by atoms with Gasteiger partial charge in [-0.2, -0.15) is 0 Å². The van der Waals surface area contributed by atoms with Crippen molar-refractivity contribution in [1.82, 2.24) is 10.2 Å². The topological polar surface area (TPSA) is 48.2 Å². The first-order chi connectivity index (χ1) is 4.47. The Morgan fingerprint density at radius 1 is 1.56 bits per heavy atom. The van der Waals surface area contributed by atoms with Crippen LogP contribution in [0.15, 0.2) is 10.8 Å². The summed E-state index contributed by atoms with van der Waals surface area (Å²) in [7, 11) is 0. The zero-order chi connectivity index (χ0) is 6.10. The van der Waals surface area contributed by atoms with Gasteiger partial charge < -0.3 is 9.15 Å². The molecule has 1 fully saturated rings. The molecule has 4 heteroatoms. The minimum absolute atomic E-state index is 0.354. The highest BCUT2D eigenvalue weighted by Crippen LogP contribution is 2.20. The summed E-state index contributed by atoms with van der Waals surface area (Å²) in [6, 6.07) is 0. The molecule has 2 rings (SSSR count). The zero-order valence-electron chi connectivity index (χ0n) is 4.78. The lowest BCUT2D eigenvalue weighted by Gasteiger charge is -2.21. The fourth-order valence-electron chi connectivity index (χ4n) is 0.738. The molecule has 2 heterocycles. The normalized spacial score (nSPS) is 19.6. The van der Waals surface area contributed by atoms with Crippen LogP contribution in [0.25, 0.3) is 0 Å². The Kier molecular flexibility index (Phi) is 0.989. The van der Waals surface area contributed by atoms with Crippen molar-refractivity contribution in [3.63, 3.8) is 0 Å². The Hall–Kier alpha value is -0.900. The number of nitrogens with zero attached hydrogens (tertiary/aromatic N) is 2. The molecule has 0 bridgehead atoms. The predicted octanol–water partition coefficient (Wildman–Crippen LogP) is 0.183. The second-order valence-electron chi connectivity index (χ2n) is 2.01. The average Bonchev–Trinajstić information content (AvgIpc) is 2.11. The molecule has 0 saturated carbocycles. The minimum Gasteiger partial charge on any atom is -0.428 e. The van der Waals surface area contributed by atoms with E-state index < -0.39 is 0 Å². The van der Waals surface area contributed by atoms with E-state index in [0.717, 1.165) is 13.2 Å². The van der Waals surface area contributed by atoms with Crippen LogP contribution in [-0.2, 0) is 4.74 Å². The van der Waals surface area contributed by atoms with Crippen molar-refractivity contribution >= 4 is 0 Å². The lowest BCUT2D eigenvalue weighted by Crippen LogP contribution is -2.25. The molecule has 0 aliphatic carbocycles. The molecule has 0 amide bonds. The molecule has 0 radical (unpaired) electrons. The van der Waals surface area contributed by atoms with E-state index in [1.807, 2.05) is 0 Å². The van der Waals surface area contributed by atoms with E-state index in [1.165, 1.54) is 6.39 Å². The van der Waals surface area contributed by atoms with Gasteiger partial charge in [0.25, 0.3) is 0 Å². The zero-order valence-corrected chi connectivity index (χ0v) is 4.78. The molecule has 9 heavy (non-hydrogen) atoms. The summed E-state index contributed by atoms with van der Waals surface area (Å²) < 4.78 is 9.87. The number of hydrogen-bond acceptors (Lipinski definition) is 4. The van der Waals surface area contributed by atoms with Gasteiger partial charge in [-0.05, 0) is 0 Å². The third-order valence-corrected chi connectivity index (χ3v) is 1.36. The van der Waals surface area contributed by atoms with Crippen LogP contribution in [0, 0.1) is 0 Å². The molecule has 1 aliphatic rings. The van der Waals surface area contributed by atoms with Gasteiger partial charge in [-0.15, -0.1) is 10.2 Å². The maximum absolute atomic E-state index is 4.94. The Bertz CT molecular complexity index is 181. The van der Waals surface area contributed by atoms with Gasteiger partial charge in [0.05, 0.1) is 19.1 Å². The standard InChI is InChI=1S/C5H6N2O2/c1-4(2-8-1)5-7-6-3-9-5/h3-4H,1-2H2. The Morgan fingerprint density at radius 3 is 2.89 bits per heavy atom. The van der Waals surface area contributed by atoms with E-state index in [9.17, 15) is 0 Å². The third-order valence-electron chi connectivity index (χ3n) is 1.36. The second kappa shape index (κ2) is 1.80. The van der Waals surface area contributed by atoms with E-state index in [4.69, 9.17) is 9.15 Å². The third kappa shape index (κ3) is 0.712. The first-order valence-electron chi connectivity index (χ1n) is 2.80. The van der Waals surface area contributed by atoms with E-state index in [-0.39, 0.29) is 0 Å². The van der Waals surface area contributed by atoms with Gasteiger partial charge in [0, 0.05) is 0 Å². The molecular weight excluding hydrogens is 120 g/mol. The molecule has 4 nitrogen and oxygen atoms in total. The van der Waals surface area contributed by atoms with Crippen molar-refractivity contribution in [2.45, 2.75) is 5.92 Å². The maximum Gasteiger partial charge on any atom is 0.223 e. The highest BCUT2D eigenvalue weighted by molar-refractivity contribution is 4.92. The van der Waals surface area contributed by atoms with E-state index in [0.29, 0.717) is 11.8 Å². The van der Waals surface area contributed by atoms with E-state index in [2.05, 4.69) is 10.2 Å². The van der Waals surface area contributed by atoms with E-state index in [1.54, 1.807) is 0 Å². The molecule has 1 aliphatic heterocycles. The fourth-order valence-corrected chi connectivity index (χ4v) is 0.738. The Labute approximate surface area is 51.8 Å². The molecule has 1 saturated heterocycles. The number of ether oxygens (including phenoxy) is 1. The summed E-state index contributed by atoms with van der Waals surface area (Å²) in [4.78, 5) is 0.